The SMILES string of the molecule is COC(C)CNC(=O)c1n[nH]c(C(C)C)n1. The van der Waals surface area contributed by atoms with E-state index in [-0.39, 0.29) is 23.8 Å². The molecule has 90 valence electrons. The molecule has 0 spiro atoms. The highest BCUT2D eigenvalue weighted by Crippen LogP contribution is 2.07. The fourth-order valence-corrected chi connectivity index (χ4v) is 1.03. The third-order valence-corrected chi connectivity index (χ3v) is 2.21. The second kappa shape index (κ2) is 5.60. The van der Waals surface area contributed by atoms with Gasteiger partial charge in [0.15, 0.2) is 0 Å². The molecule has 0 saturated heterocycles. The van der Waals surface area contributed by atoms with Gasteiger partial charge in [0.2, 0.25) is 5.82 Å². The van der Waals surface area contributed by atoms with E-state index in [1.165, 1.54) is 0 Å². The standard InChI is InChI=1S/C10H18N4O2/c1-6(2)8-12-9(14-13-8)10(15)11-5-7(3)16-4/h6-7H,5H2,1-4H3,(H,11,15)(H,12,13,14). The van der Waals surface area contributed by atoms with Gasteiger partial charge in [-0.25, -0.2) is 4.98 Å². The molecule has 0 aliphatic carbocycles. The number of aromatic amines is 1. The second-order valence-electron chi connectivity index (χ2n) is 3.96. The van der Waals surface area contributed by atoms with Crippen LogP contribution in [-0.2, 0) is 4.74 Å². The van der Waals surface area contributed by atoms with E-state index in [4.69, 9.17) is 4.74 Å². The lowest BCUT2D eigenvalue weighted by Crippen LogP contribution is -2.32. The van der Waals surface area contributed by atoms with Gasteiger partial charge >= 0.3 is 0 Å². The highest BCUT2D eigenvalue weighted by Gasteiger charge is 2.14. The van der Waals surface area contributed by atoms with Crippen LogP contribution >= 0.6 is 0 Å². The quantitative estimate of drug-likeness (QED) is 0.774. The van der Waals surface area contributed by atoms with Crippen LogP contribution in [0.2, 0.25) is 0 Å². The summed E-state index contributed by atoms with van der Waals surface area (Å²) in [4.78, 5) is 15.7. The predicted octanol–water partition coefficient (Wildman–Crippen LogP) is 0.693. The van der Waals surface area contributed by atoms with Crippen LogP contribution in [0.25, 0.3) is 0 Å². The van der Waals surface area contributed by atoms with E-state index in [1.807, 2.05) is 20.8 Å². The van der Waals surface area contributed by atoms with Gasteiger partial charge < -0.3 is 10.1 Å². The summed E-state index contributed by atoms with van der Waals surface area (Å²) in [5, 5.41) is 9.28. The van der Waals surface area contributed by atoms with Gasteiger partial charge in [0.1, 0.15) is 5.82 Å². The molecule has 0 bridgehead atoms. The van der Waals surface area contributed by atoms with Crippen molar-refractivity contribution in [3.8, 4) is 0 Å². The van der Waals surface area contributed by atoms with E-state index in [0.29, 0.717) is 12.4 Å². The number of nitrogens with one attached hydrogen (secondary N) is 2. The summed E-state index contributed by atoms with van der Waals surface area (Å²) in [5.41, 5.74) is 0. The highest BCUT2D eigenvalue weighted by molar-refractivity contribution is 5.90. The van der Waals surface area contributed by atoms with Crippen LogP contribution in [0.15, 0.2) is 0 Å². The number of carbonyl (C=O) groups is 1. The predicted molar refractivity (Wildman–Crippen MR) is 59.3 cm³/mol. The number of H-pyrrole nitrogens is 1. The van der Waals surface area contributed by atoms with E-state index in [2.05, 4.69) is 20.5 Å². The van der Waals surface area contributed by atoms with E-state index in [0.717, 1.165) is 0 Å². The minimum absolute atomic E-state index is 0.0209. The van der Waals surface area contributed by atoms with Crippen molar-refractivity contribution in [3.05, 3.63) is 11.6 Å². The lowest BCUT2D eigenvalue weighted by atomic mass is 10.2. The Morgan fingerprint density at radius 3 is 2.69 bits per heavy atom. The Bertz CT molecular complexity index is 348. The zero-order valence-corrected chi connectivity index (χ0v) is 10.1. The van der Waals surface area contributed by atoms with Crippen molar-refractivity contribution in [2.75, 3.05) is 13.7 Å². The summed E-state index contributed by atoms with van der Waals surface area (Å²) >= 11 is 0. The largest absolute Gasteiger partial charge is 0.380 e. The number of rotatable bonds is 5. The molecular weight excluding hydrogens is 208 g/mol. The van der Waals surface area contributed by atoms with E-state index in [1.54, 1.807) is 7.11 Å². The van der Waals surface area contributed by atoms with Crippen molar-refractivity contribution in [1.29, 1.82) is 0 Å². The Labute approximate surface area is 94.8 Å². The number of hydrogen-bond donors (Lipinski definition) is 2. The van der Waals surface area contributed by atoms with Crippen LogP contribution in [0.1, 0.15) is 43.1 Å². The van der Waals surface area contributed by atoms with Crippen LogP contribution in [0.4, 0.5) is 0 Å². The molecule has 0 aromatic carbocycles. The molecule has 1 heterocycles. The second-order valence-corrected chi connectivity index (χ2v) is 3.96. The minimum atomic E-state index is -0.285. The molecule has 0 radical (unpaired) electrons. The van der Waals surface area contributed by atoms with Crippen LogP contribution in [0.3, 0.4) is 0 Å². The summed E-state index contributed by atoms with van der Waals surface area (Å²) in [7, 11) is 1.60. The van der Waals surface area contributed by atoms with Crippen molar-refractivity contribution < 1.29 is 9.53 Å². The molecule has 16 heavy (non-hydrogen) atoms. The fraction of sp³-hybridized carbons (Fsp3) is 0.700. The number of aromatic nitrogens is 3. The topological polar surface area (TPSA) is 79.9 Å². The summed E-state index contributed by atoms with van der Waals surface area (Å²) in [6, 6.07) is 0. The Balaban J connectivity index is 2.53. The van der Waals surface area contributed by atoms with E-state index >= 15 is 0 Å². The zero-order valence-electron chi connectivity index (χ0n) is 10.1. The molecule has 1 unspecified atom stereocenters. The monoisotopic (exact) mass is 226 g/mol. The molecule has 1 amide bonds. The average Bonchev–Trinajstić information content (AvgIpc) is 2.74. The smallest absolute Gasteiger partial charge is 0.291 e. The average molecular weight is 226 g/mol. The molecule has 0 aliphatic rings. The lowest BCUT2D eigenvalue weighted by Gasteiger charge is -2.08. The summed E-state index contributed by atoms with van der Waals surface area (Å²) < 4.78 is 5.02. The van der Waals surface area contributed by atoms with Gasteiger partial charge in [-0.15, -0.1) is 5.10 Å². The van der Waals surface area contributed by atoms with Gasteiger partial charge in [0, 0.05) is 19.6 Å². The number of methoxy groups -OCH3 is 1. The number of amides is 1. The molecule has 6 heteroatoms. The first kappa shape index (κ1) is 12.6. The van der Waals surface area contributed by atoms with Crippen molar-refractivity contribution in [3.63, 3.8) is 0 Å². The summed E-state index contributed by atoms with van der Waals surface area (Å²) in [6.07, 6.45) is -0.0209. The minimum Gasteiger partial charge on any atom is -0.380 e. The van der Waals surface area contributed by atoms with E-state index < -0.39 is 0 Å². The number of hydrogen-bond acceptors (Lipinski definition) is 4. The molecule has 0 fully saturated rings. The fourth-order valence-electron chi connectivity index (χ4n) is 1.03. The molecule has 6 nitrogen and oxygen atoms in total. The molecule has 0 saturated carbocycles. The van der Waals surface area contributed by atoms with E-state index in [9.17, 15) is 4.79 Å². The summed E-state index contributed by atoms with van der Waals surface area (Å²) in [5.74, 6) is 0.830. The lowest BCUT2D eigenvalue weighted by molar-refractivity contribution is 0.0861. The molecule has 1 rings (SSSR count). The Morgan fingerprint density at radius 2 is 2.19 bits per heavy atom. The number of nitrogens with zero attached hydrogens (tertiary/aromatic N) is 2. The van der Waals surface area contributed by atoms with Gasteiger partial charge in [-0.1, -0.05) is 13.8 Å². The van der Waals surface area contributed by atoms with Gasteiger partial charge in [-0.2, -0.15) is 0 Å². The molecule has 1 atom stereocenters. The highest BCUT2D eigenvalue weighted by atomic mass is 16.5. The third-order valence-electron chi connectivity index (χ3n) is 2.21. The Kier molecular flexibility index (Phi) is 4.42. The number of ether oxygens (including phenoxy) is 1. The van der Waals surface area contributed by atoms with Crippen LogP contribution in [-0.4, -0.2) is 40.8 Å². The molecule has 0 aliphatic heterocycles. The normalized spacial score (nSPS) is 12.8. The number of carbonyl (C=O) groups excluding carboxylic acids is 1. The first-order chi connectivity index (χ1) is 7.54. The first-order valence-electron chi connectivity index (χ1n) is 5.28. The van der Waals surface area contributed by atoms with Gasteiger partial charge in [-0.05, 0) is 6.92 Å². The Hall–Kier alpha value is -1.43. The van der Waals surface area contributed by atoms with Crippen molar-refractivity contribution in [2.45, 2.75) is 32.8 Å². The van der Waals surface area contributed by atoms with Crippen LogP contribution < -0.4 is 5.32 Å². The van der Waals surface area contributed by atoms with Crippen molar-refractivity contribution in [1.82, 2.24) is 20.5 Å². The van der Waals surface area contributed by atoms with Gasteiger partial charge in [0.25, 0.3) is 5.91 Å². The van der Waals surface area contributed by atoms with Crippen LogP contribution in [0.5, 0.6) is 0 Å². The third kappa shape index (κ3) is 3.30. The molecule has 2 N–H and O–H groups in total. The molecular formula is C10H18N4O2. The summed E-state index contributed by atoms with van der Waals surface area (Å²) in [6.45, 7) is 6.28. The van der Waals surface area contributed by atoms with Crippen molar-refractivity contribution >= 4 is 5.91 Å². The first-order valence-corrected chi connectivity index (χ1v) is 5.28. The molecule has 1 aromatic rings. The van der Waals surface area contributed by atoms with Gasteiger partial charge in [0.05, 0.1) is 6.10 Å². The van der Waals surface area contributed by atoms with Crippen LogP contribution in [0, 0.1) is 0 Å². The maximum Gasteiger partial charge on any atom is 0.291 e. The zero-order chi connectivity index (χ0) is 12.1. The maximum absolute atomic E-state index is 11.6. The molecule has 1 aromatic heterocycles. The maximum atomic E-state index is 11.6. The Morgan fingerprint density at radius 1 is 1.50 bits per heavy atom. The van der Waals surface area contributed by atoms with Crippen molar-refractivity contribution in [2.24, 2.45) is 0 Å². The van der Waals surface area contributed by atoms with Gasteiger partial charge in [-0.3, -0.25) is 9.89 Å².